The molecule has 0 radical (unpaired) electrons. The molecule has 0 aliphatic carbocycles. The number of amides is 1. The van der Waals surface area contributed by atoms with Crippen molar-refractivity contribution in [2.45, 2.75) is 19.0 Å². The van der Waals surface area contributed by atoms with E-state index in [1.165, 1.54) is 24.1 Å². The number of aromatic nitrogens is 1. The van der Waals surface area contributed by atoms with Crippen molar-refractivity contribution in [1.29, 1.82) is 0 Å². The molecule has 2 heterocycles. The third-order valence-electron chi connectivity index (χ3n) is 4.90. The van der Waals surface area contributed by atoms with E-state index in [1.54, 1.807) is 0 Å². The van der Waals surface area contributed by atoms with Gasteiger partial charge in [0, 0.05) is 28.6 Å². The average molecular weight is 387 g/mol. The number of para-hydroxylation sites is 1. The molecule has 0 spiro atoms. The van der Waals surface area contributed by atoms with Crippen LogP contribution in [0.2, 0.25) is 5.02 Å². The van der Waals surface area contributed by atoms with E-state index in [2.05, 4.69) is 4.98 Å². The third-order valence-corrected chi connectivity index (χ3v) is 5.19. The zero-order chi connectivity index (χ0) is 19.1. The standard InChI is InChI=1S/C20H16ClFN2O3/c1-27-20(26)18-9-13-12-4-2-3-5-16(12)23-17(13)10-24(18)19(25)11-6-7-15(22)14(21)8-11/h2-8,18,23H,9-10H2,1H3. The molecule has 0 saturated heterocycles. The van der Waals surface area contributed by atoms with E-state index in [9.17, 15) is 14.0 Å². The zero-order valence-corrected chi connectivity index (χ0v) is 15.2. The molecule has 1 aliphatic heterocycles. The maximum atomic E-state index is 13.4. The lowest BCUT2D eigenvalue weighted by Gasteiger charge is -2.34. The number of fused-ring (bicyclic) bond motifs is 3. The maximum Gasteiger partial charge on any atom is 0.328 e. The Morgan fingerprint density at radius 2 is 2.04 bits per heavy atom. The highest BCUT2D eigenvalue weighted by molar-refractivity contribution is 6.31. The number of nitrogens with zero attached hydrogens (tertiary/aromatic N) is 1. The maximum absolute atomic E-state index is 13.4. The lowest BCUT2D eigenvalue weighted by atomic mass is 9.95. The number of aromatic amines is 1. The van der Waals surface area contributed by atoms with Gasteiger partial charge in [-0.3, -0.25) is 4.79 Å². The number of rotatable bonds is 2. The summed E-state index contributed by atoms with van der Waals surface area (Å²) in [5.74, 6) is -1.50. The van der Waals surface area contributed by atoms with Crippen LogP contribution in [0, 0.1) is 5.82 Å². The minimum absolute atomic E-state index is 0.140. The average Bonchev–Trinajstić information content (AvgIpc) is 3.05. The highest BCUT2D eigenvalue weighted by Crippen LogP contribution is 2.31. The number of halogens is 2. The van der Waals surface area contributed by atoms with Gasteiger partial charge < -0.3 is 14.6 Å². The van der Waals surface area contributed by atoms with Crippen LogP contribution in [0.4, 0.5) is 4.39 Å². The first-order valence-electron chi connectivity index (χ1n) is 8.42. The molecule has 2 aromatic carbocycles. The van der Waals surface area contributed by atoms with Crippen LogP contribution in [0.25, 0.3) is 10.9 Å². The molecule has 1 N–H and O–H groups in total. The topological polar surface area (TPSA) is 62.4 Å². The molecule has 7 heteroatoms. The molecule has 1 atom stereocenters. The summed E-state index contributed by atoms with van der Waals surface area (Å²) in [6.45, 7) is 0.220. The number of hydrogen-bond acceptors (Lipinski definition) is 3. The van der Waals surface area contributed by atoms with Gasteiger partial charge in [0.1, 0.15) is 11.9 Å². The smallest absolute Gasteiger partial charge is 0.328 e. The summed E-state index contributed by atoms with van der Waals surface area (Å²) in [4.78, 5) is 30.2. The van der Waals surface area contributed by atoms with E-state index < -0.39 is 23.7 Å². The van der Waals surface area contributed by atoms with Crippen molar-refractivity contribution in [2.75, 3.05) is 7.11 Å². The Bertz CT molecular complexity index is 1060. The monoisotopic (exact) mass is 386 g/mol. The Hall–Kier alpha value is -2.86. The summed E-state index contributed by atoms with van der Waals surface area (Å²) in [5.41, 5.74) is 3.04. The zero-order valence-electron chi connectivity index (χ0n) is 14.5. The van der Waals surface area contributed by atoms with E-state index in [0.717, 1.165) is 28.2 Å². The Morgan fingerprint density at radius 3 is 2.78 bits per heavy atom. The highest BCUT2D eigenvalue weighted by atomic mass is 35.5. The molecule has 1 unspecified atom stereocenters. The molecular formula is C20H16ClFN2O3. The van der Waals surface area contributed by atoms with Gasteiger partial charge in [0.05, 0.1) is 18.7 Å². The first kappa shape index (κ1) is 17.5. The van der Waals surface area contributed by atoms with Crippen LogP contribution in [0.3, 0.4) is 0 Å². The van der Waals surface area contributed by atoms with Crippen LogP contribution in [0.5, 0.6) is 0 Å². The molecule has 0 saturated carbocycles. The van der Waals surface area contributed by atoms with E-state index in [-0.39, 0.29) is 17.1 Å². The second-order valence-corrected chi connectivity index (χ2v) is 6.84. The summed E-state index contributed by atoms with van der Waals surface area (Å²) in [7, 11) is 1.30. The van der Waals surface area contributed by atoms with E-state index in [4.69, 9.17) is 16.3 Å². The van der Waals surface area contributed by atoms with Crippen molar-refractivity contribution in [3.05, 3.63) is 70.1 Å². The van der Waals surface area contributed by atoms with Crippen LogP contribution in [0.1, 0.15) is 21.6 Å². The number of hydrogen-bond donors (Lipinski definition) is 1. The number of H-pyrrole nitrogens is 1. The predicted octanol–water partition coefficient (Wildman–Crippen LogP) is 3.70. The predicted molar refractivity (Wildman–Crippen MR) is 99.1 cm³/mol. The van der Waals surface area contributed by atoms with E-state index in [1.807, 2.05) is 24.3 Å². The van der Waals surface area contributed by atoms with Crippen molar-refractivity contribution in [1.82, 2.24) is 9.88 Å². The van der Waals surface area contributed by atoms with Crippen molar-refractivity contribution < 1.29 is 18.7 Å². The number of methoxy groups -OCH3 is 1. The summed E-state index contributed by atoms with van der Waals surface area (Å²) < 4.78 is 18.4. The minimum Gasteiger partial charge on any atom is -0.467 e. The molecule has 138 valence electrons. The van der Waals surface area contributed by atoms with Gasteiger partial charge in [-0.1, -0.05) is 29.8 Å². The normalized spacial score (nSPS) is 16.3. The molecular weight excluding hydrogens is 371 g/mol. The summed E-state index contributed by atoms with van der Waals surface area (Å²) >= 11 is 5.81. The van der Waals surface area contributed by atoms with Gasteiger partial charge in [0.15, 0.2) is 0 Å². The molecule has 1 aromatic heterocycles. The van der Waals surface area contributed by atoms with Gasteiger partial charge in [-0.2, -0.15) is 0 Å². The largest absolute Gasteiger partial charge is 0.467 e. The summed E-state index contributed by atoms with van der Waals surface area (Å²) in [6.07, 6.45) is 0.340. The van der Waals surface area contributed by atoms with Gasteiger partial charge >= 0.3 is 5.97 Å². The van der Waals surface area contributed by atoms with Crippen LogP contribution >= 0.6 is 11.6 Å². The van der Waals surface area contributed by atoms with Crippen LogP contribution in [-0.2, 0) is 22.5 Å². The third kappa shape index (κ3) is 2.96. The second kappa shape index (κ2) is 6.70. The van der Waals surface area contributed by atoms with Gasteiger partial charge in [-0.25, -0.2) is 9.18 Å². The lowest BCUT2D eigenvalue weighted by molar-refractivity contribution is -0.146. The van der Waals surface area contributed by atoms with Crippen LogP contribution in [-0.4, -0.2) is 34.9 Å². The highest BCUT2D eigenvalue weighted by Gasteiger charge is 2.37. The quantitative estimate of drug-likeness (QED) is 0.683. The fraction of sp³-hybridized carbons (Fsp3) is 0.200. The fourth-order valence-corrected chi connectivity index (χ4v) is 3.74. The van der Waals surface area contributed by atoms with Crippen molar-refractivity contribution in [3.63, 3.8) is 0 Å². The van der Waals surface area contributed by atoms with Gasteiger partial charge in [0.25, 0.3) is 5.91 Å². The number of nitrogens with one attached hydrogen (secondary N) is 1. The van der Waals surface area contributed by atoms with Crippen molar-refractivity contribution >= 4 is 34.4 Å². The number of ether oxygens (including phenoxy) is 1. The molecule has 27 heavy (non-hydrogen) atoms. The van der Waals surface area contributed by atoms with E-state index in [0.29, 0.717) is 6.42 Å². The van der Waals surface area contributed by atoms with Crippen molar-refractivity contribution in [3.8, 4) is 0 Å². The Labute approximate surface area is 159 Å². The van der Waals surface area contributed by atoms with Gasteiger partial charge in [-0.05, 0) is 29.8 Å². The molecule has 3 aromatic rings. The van der Waals surface area contributed by atoms with Gasteiger partial charge in [-0.15, -0.1) is 0 Å². The number of esters is 1. The first-order valence-corrected chi connectivity index (χ1v) is 8.79. The first-order chi connectivity index (χ1) is 13.0. The Morgan fingerprint density at radius 1 is 1.26 bits per heavy atom. The van der Waals surface area contributed by atoms with Crippen molar-refractivity contribution in [2.24, 2.45) is 0 Å². The number of carbonyl (C=O) groups is 2. The number of benzene rings is 2. The Kier molecular flexibility index (Phi) is 4.36. The molecule has 1 aliphatic rings. The molecule has 0 fully saturated rings. The molecule has 4 rings (SSSR count). The molecule has 5 nitrogen and oxygen atoms in total. The molecule has 0 bridgehead atoms. The summed E-state index contributed by atoms with van der Waals surface area (Å²) in [6, 6.07) is 10.8. The summed E-state index contributed by atoms with van der Waals surface area (Å²) in [5, 5.41) is 0.886. The van der Waals surface area contributed by atoms with Crippen LogP contribution < -0.4 is 0 Å². The number of carbonyl (C=O) groups excluding carboxylic acids is 2. The minimum atomic E-state index is -0.766. The Balaban J connectivity index is 1.76. The fourth-order valence-electron chi connectivity index (χ4n) is 3.56. The van der Waals surface area contributed by atoms with E-state index >= 15 is 0 Å². The molecule has 1 amide bonds. The SMILES string of the molecule is COC(=O)C1Cc2c([nH]c3ccccc23)CN1C(=O)c1ccc(F)c(Cl)c1. The van der Waals surface area contributed by atoms with Gasteiger partial charge in [0.2, 0.25) is 0 Å². The second-order valence-electron chi connectivity index (χ2n) is 6.43. The lowest BCUT2D eigenvalue weighted by Crippen LogP contribution is -2.49. The van der Waals surface area contributed by atoms with Crippen LogP contribution in [0.15, 0.2) is 42.5 Å².